The number of nitrogens with one attached hydrogen (secondary N) is 1. The van der Waals surface area contributed by atoms with Crippen LogP contribution < -0.4 is 5.32 Å². The van der Waals surface area contributed by atoms with Gasteiger partial charge in [-0.25, -0.2) is 0 Å². The van der Waals surface area contributed by atoms with Crippen molar-refractivity contribution in [3.8, 4) is 0 Å². The molecule has 1 atom stereocenters. The molecule has 2 rings (SSSR count). The normalized spacial score (nSPS) is 24.5. The van der Waals surface area contributed by atoms with Crippen LogP contribution in [-0.4, -0.2) is 35.8 Å². The molecule has 1 N–H and O–H groups in total. The Balaban J connectivity index is 1.79. The molecule has 4 nitrogen and oxygen atoms in total. The summed E-state index contributed by atoms with van der Waals surface area (Å²) in [6.45, 7) is 5.65. The number of hydrogen-bond donors (Lipinski definition) is 1. The second kappa shape index (κ2) is 6.40. The van der Waals surface area contributed by atoms with E-state index in [0.717, 1.165) is 25.8 Å². The Kier molecular flexibility index (Phi) is 4.83. The maximum Gasteiger partial charge on any atom is 0.225 e. The van der Waals surface area contributed by atoms with E-state index in [1.807, 2.05) is 4.90 Å². The highest BCUT2D eigenvalue weighted by Gasteiger charge is 2.38. The average Bonchev–Trinajstić information content (AvgIpc) is 2.96. The first-order chi connectivity index (χ1) is 9.08. The molecule has 2 amide bonds. The van der Waals surface area contributed by atoms with Crippen molar-refractivity contribution in [2.24, 2.45) is 11.8 Å². The van der Waals surface area contributed by atoms with Crippen LogP contribution in [0, 0.1) is 11.8 Å². The highest BCUT2D eigenvalue weighted by molar-refractivity contribution is 5.89. The SMILES string of the molecule is CC(C)CCNC(=O)[C@H]1CC(=O)N(C2CCCC2)C1. The van der Waals surface area contributed by atoms with Crippen LogP contribution in [0.2, 0.25) is 0 Å². The van der Waals surface area contributed by atoms with Crippen LogP contribution in [0.4, 0.5) is 0 Å². The summed E-state index contributed by atoms with van der Waals surface area (Å²) in [5.74, 6) is 0.714. The van der Waals surface area contributed by atoms with Crippen molar-refractivity contribution in [1.82, 2.24) is 10.2 Å². The zero-order valence-electron chi connectivity index (χ0n) is 12.2. The van der Waals surface area contributed by atoms with E-state index in [1.54, 1.807) is 0 Å². The number of hydrogen-bond acceptors (Lipinski definition) is 2. The van der Waals surface area contributed by atoms with Gasteiger partial charge >= 0.3 is 0 Å². The molecule has 1 aliphatic heterocycles. The molecule has 1 aliphatic carbocycles. The first-order valence-electron chi connectivity index (χ1n) is 7.65. The Morgan fingerprint density at radius 1 is 1.37 bits per heavy atom. The Labute approximate surface area is 115 Å². The van der Waals surface area contributed by atoms with Gasteiger partial charge in [0.05, 0.1) is 5.92 Å². The highest BCUT2D eigenvalue weighted by atomic mass is 16.2. The van der Waals surface area contributed by atoms with Crippen LogP contribution in [0.1, 0.15) is 52.4 Å². The van der Waals surface area contributed by atoms with Crippen molar-refractivity contribution in [3.05, 3.63) is 0 Å². The molecule has 2 aliphatic rings. The largest absolute Gasteiger partial charge is 0.356 e. The fourth-order valence-corrected chi connectivity index (χ4v) is 3.10. The third-order valence-corrected chi connectivity index (χ3v) is 4.32. The summed E-state index contributed by atoms with van der Waals surface area (Å²) < 4.78 is 0. The van der Waals surface area contributed by atoms with E-state index in [9.17, 15) is 9.59 Å². The molecule has 19 heavy (non-hydrogen) atoms. The van der Waals surface area contributed by atoms with Crippen LogP contribution in [-0.2, 0) is 9.59 Å². The van der Waals surface area contributed by atoms with Gasteiger partial charge in [0.25, 0.3) is 0 Å². The molecule has 1 heterocycles. The number of carbonyl (C=O) groups excluding carboxylic acids is 2. The summed E-state index contributed by atoms with van der Waals surface area (Å²) in [6.07, 6.45) is 6.09. The minimum atomic E-state index is -0.125. The second-order valence-corrected chi connectivity index (χ2v) is 6.36. The van der Waals surface area contributed by atoms with Crippen molar-refractivity contribution in [3.63, 3.8) is 0 Å². The Hall–Kier alpha value is -1.06. The lowest BCUT2D eigenvalue weighted by Crippen LogP contribution is -2.37. The van der Waals surface area contributed by atoms with E-state index in [2.05, 4.69) is 19.2 Å². The van der Waals surface area contributed by atoms with Gasteiger partial charge in [0, 0.05) is 25.6 Å². The quantitative estimate of drug-likeness (QED) is 0.826. The number of rotatable bonds is 5. The van der Waals surface area contributed by atoms with E-state index in [1.165, 1.54) is 12.8 Å². The van der Waals surface area contributed by atoms with Crippen LogP contribution >= 0.6 is 0 Å². The predicted octanol–water partition coefficient (Wildman–Crippen LogP) is 1.94. The van der Waals surface area contributed by atoms with Gasteiger partial charge in [-0.05, 0) is 25.2 Å². The van der Waals surface area contributed by atoms with Gasteiger partial charge in [0.1, 0.15) is 0 Å². The molecule has 108 valence electrons. The Bertz CT molecular complexity index is 335. The molecule has 1 saturated heterocycles. The van der Waals surface area contributed by atoms with Gasteiger partial charge < -0.3 is 10.2 Å². The molecule has 0 spiro atoms. The monoisotopic (exact) mass is 266 g/mol. The minimum absolute atomic E-state index is 0.0643. The molecule has 0 aromatic rings. The van der Waals surface area contributed by atoms with Gasteiger partial charge in [-0.3, -0.25) is 9.59 Å². The van der Waals surface area contributed by atoms with Crippen LogP contribution in [0.5, 0.6) is 0 Å². The summed E-state index contributed by atoms with van der Waals surface area (Å²) in [5.41, 5.74) is 0. The van der Waals surface area contributed by atoms with E-state index < -0.39 is 0 Å². The molecular formula is C15H26N2O2. The molecule has 0 bridgehead atoms. The van der Waals surface area contributed by atoms with Crippen LogP contribution in [0.15, 0.2) is 0 Å². The molecule has 4 heteroatoms. The molecular weight excluding hydrogens is 240 g/mol. The molecule has 1 saturated carbocycles. The van der Waals surface area contributed by atoms with Crippen LogP contribution in [0.3, 0.4) is 0 Å². The first-order valence-corrected chi connectivity index (χ1v) is 7.65. The lowest BCUT2D eigenvalue weighted by Gasteiger charge is -2.23. The lowest BCUT2D eigenvalue weighted by molar-refractivity contribution is -0.130. The number of carbonyl (C=O) groups is 2. The van der Waals surface area contributed by atoms with E-state index in [0.29, 0.717) is 24.9 Å². The molecule has 0 radical (unpaired) electrons. The van der Waals surface area contributed by atoms with E-state index in [4.69, 9.17) is 0 Å². The second-order valence-electron chi connectivity index (χ2n) is 6.36. The summed E-state index contributed by atoms with van der Waals surface area (Å²) >= 11 is 0. The molecule has 2 fully saturated rings. The fourth-order valence-electron chi connectivity index (χ4n) is 3.10. The lowest BCUT2D eigenvalue weighted by atomic mass is 10.1. The highest BCUT2D eigenvalue weighted by Crippen LogP contribution is 2.29. The van der Waals surface area contributed by atoms with Crippen molar-refractivity contribution in [1.29, 1.82) is 0 Å². The average molecular weight is 266 g/mol. The standard InChI is InChI=1S/C15H26N2O2/c1-11(2)7-8-16-15(19)12-9-14(18)17(10-12)13-5-3-4-6-13/h11-13H,3-10H2,1-2H3,(H,16,19)/t12-/m0/s1. The number of likely N-dealkylation sites (tertiary alicyclic amines) is 1. The maximum absolute atomic E-state index is 12.0. The number of nitrogens with zero attached hydrogens (tertiary/aromatic N) is 1. The molecule has 0 aromatic heterocycles. The zero-order valence-corrected chi connectivity index (χ0v) is 12.2. The maximum atomic E-state index is 12.0. The third-order valence-electron chi connectivity index (χ3n) is 4.32. The third kappa shape index (κ3) is 3.71. The van der Waals surface area contributed by atoms with E-state index >= 15 is 0 Å². The topological polar surface area (TPSA) is 49.4 Å². The van der Waals surface area contributed by atoms with Gasteiger partial charge in [-0.1, -0.05) is 26.7 Å². The summed E-state index contributed by atoms with van der Waals surface area (Å²) in [7, 11) is 0. The molecule has 0 unspecified atom stereocenters. The first kappa shape index (κ1) is 14.4. The smallest absolute Gasteiger partial charge is 0.225 e. The predicted molar refractivity (Wildman–Crippen MR) is 74.5 cm³/mol. The van der Waals surface area contributed by atoms with Crippen LogP contribution in [0.25, 0.3) is 0 Å². The van der Waals surface area contributed by atoms with Gasteiger partial charge in [-0.15, -0.1) is 0 Å². The van der Waals surface area contributed by atoms with Gasteiger partial charge in [0.15, 0.2) is 0 Å². The summed E-state index contributed by atoms with van der Waals surface area (Å²) in [6, 6.07) is 0.404. The fraction of sp³-hybridized carbons (Fsp3) is 0.867. The van der Waals surface area contributed by atoms with Crippen molar-refractivity contribution in [2.45, 2.75) is 58.4 Å². The zero-order chi connectivity index (χ0) is 13.8. The summed E-state index contributed by atoms with van der Waals surface area (Å²) in [4.78, 5) is 26.0. The van der Waals surface area contributed by atoms with Crippen molar-refractivity contribution < 1.29 is 9.59 Å². The minimum Gasteiger partial charge on any atom is -0.356 e. The number of amides is 2. The van der Waals surface area contributed by atoms with E-state index in [-0.39, 0.29) is 17.7 Å². The van der Waals surface area contributed by atoms with Gasteiger partial charge in [0.2, 0.25) is 11.8 Å². The Morgan fingerprint density at radius 2 is 2.05 bits per heavy atom. The Morgan fingerprint density at radius 3 is 2.68 bits per heavy atom. The summed E-state index contributed by atoms with van der Waals surface area (Å²) in [5, 5.41) is 2.97. The van der Waals surface area contributed by atoms with Crippen molar-refractivity contribution in [2.75, 3.05) is 13.1 Å². The van der Waals surface area contributed by atoms with Crippen molar-refractivity contribution >= 4 is 11.8 Å². The van der Waals surface area contributed by atoms with Gasteiger partial charge in [-0.2, -0.15) is 0 Å². The molecule has 0 aromatic carbocycles.